The van der Waals surface area contributed by atoms with Gasteiger partial charge in [-0.1, -0.05) is 6.92 Å². The first-order valence-corrected chi connectivity index (χ1v) is 10.6. The maximum atomic E-state index is 12.2. The summed E-state index contributed by atoms with van der Waals surface area (Å²) >= 11 is 0. The first-order valence-electron chi connectivity index (χ1n) is 8.72. The van der Waals surface area contributed by atoms with Gasteiger partial charge in [0.25, 0.3) is 17.2 Å². The highest BCUT2D eigenvalue weighted by Gasteiger charge is 2.18. The zero-order valence-corrected chi connectivity index (χ0v) is 16.7. The quantitative estimate of drug-likeness (QED) is 0.341. The highest BCUT2D eigenvalue weighted by molar-refractivity contribution is 7.90. The average Bonchev–Trinajstić information content (AvgIpc) is 2.66. The number of hydrogen-bond acceptors (Lipinski definition) is 8. The number of benzene rings is 1. The highest BCUT2D eigenvalue weighted by atomic mass is 32.2. The molecule has 0 atom stereocenters. The summed E-state index contributed by atoms with van der Waals surface area (Å²) in [5, 5.41) is 20.6. The number of nitrogens with one attached hydrogen (secondary N) is 2. The van der Waals surface area contributed by atoms with Crippen LogP contribution in [0.15, 0.2) is 40.0 Å². The van der Waals surface area contributed by atoms with E-state index < -0.39 is 20.7 Å². The lowest BCUT2D eigenvalue weighted by Crippen LogP contribution is -2.32. The number of nitro benzene ring substituents is 1. The third-order valence-corrected chi connectivity index (χ3v) is 4.96. The minimum atomic E-state index is -3.57. The Kier molecular flexibility index (Phi) is 7.04. The number of rotatable bonds is 9. The van der Waals surface area contributed by atoms with Crippen LogP contribution in [0.5, 0.6) is 0 Å². The summed E-state index contributed by atoms with van der Waals surface area (Å²) in [6.07, 6.45) is 1.66. The minimum Gasteiger partial charge on any atom is -0.378 e. The van der Waals surface area contributed by atoms with Gasteiger partial charge in [-0.3, -0.25) is 19.7 Å². The Morgan fingerprint density at radius 3 is 2.59 bits per heavy atom. The van der Waals surface area contributed by atoms with Crippen LogP contribution in [0, 0.1) is 10.1 Å². The maximum Gasteiger partial charge on any atom is 0.293 e. The average molecular weight is 423 g/mol. The Labute approximate surface area is 166 Å². The van der Waals surface area contributed by atoms with Gasteiger partial charge in [0.2, 0.25) is 0 Å². The van der Waals surface area contributed by atoms with Crippen molar-refractivity contribution in [1.29, 1.82) is 0 Å². The lowest BCUT2D eigenvalue weighted by molar-refractivity contribution is -0.384. The predicted octanol–water partition coefficient (Wildman–Crippen LogP) is 0.807. The summed E-state index contributed by atoms with van der Waals surface area (Å²) in [7, 11) is -3.57. The van der Waals surface area contributed by atoms with Crippen LogP contribution in [-0.2, 0) is 16.4 Å². The number of nitro groups is 1. The topological polar surface area (TPSA) is 153 Å². The van der Waals surface area contributed by atoms with Gasteiger partial charge >= 0.3 is 0 Å². The molecule has 2 aromatic rings. The number of carbonyl (C=O) groups is 1. The van der Waals surface area contributed by atoms with E-state index in [4.69, 9.17) is 0 Å². The molecule has 0 unspecified atom stereocenters. The molecule has 2 rings (SSSR count). The number of sulfone groups is 1. The summed E-state index contributed by atoms with van der Waals surface area (Å²) in [4.78, 5) is 34.2. The lowest BCUT2D eigenvalue weighted by atomic mass is 10.2. The second-order valence-electron chi connectivity index (χ2n) is 6.17. The molecule has 29 heavy (non-hydrogen) atoms. The fourth-order valence-corrected chi connectivity index (χ4v) is 3.09. The third-order valence-electron chi connectivity index (χ3n) is 3.85. The van der Waals surface area contributed by atoms with Crippen LogP contribution in [0.2, 0.25) is 0 Å². The summed E-state index contributed by atoms with van der Waals surface area (Å²) < 4.78 is 24.3. The van der Waals surface area contributed by atoms with Crippen LogP contribution in [0.25, 0.3) is 0 Å². The molecular formula is C17H21N5O6S. The largest absolute Gasteiger partial charge is 0.378 e. The fraction of sp³-hybridized carbons (Fsp3) is 0.353. The van der Waals surface area contributed by atoms with Crippen molar-refractivity contribution in [1.82, 2.24) is 15.1 Å². The summed E-state index contributed by atoms with van der Waals surface area (Å²) in [6, 6.07) is 6.15. The molecule has 1 aromatic heterocycles. The normalized spacial score (nSPS) is 11.1. The number of hydrogen-bond donors (Lipinski definition) is 2. The molecule has 2 N–H and O–H groups in total. The van der Waals surface area contributed by atoms with Gasteiger partial charge in [-0.05, 0) is 24.6 Å². The van der Waals surface area contributed by atoms with Crippen molar-refractivity contribution < 1.29 is 18.1 Å². The molecule has 0 saturated heterocycles. The zero-order chi connectivity index (χ0) is 21.6. The van der Waals surface area contributed by atoms with Crippen LogP contribution >= 0.6 is 0 Å². The summed E-state index contributed by atoms with van der Waals surface area (Å²) in [5.41, 5.74) is -0.463. The minimum absolute atomic E-state index is 0.0848. The van der Waals surface area contributed by atoms with E-state index >= 15 is 0 Å². The molecule has 0 spiro atoms. The molecule has 0 aliphatic heterocycles. The first kappa shape index (κ1) is 22.0. The van der Waals surface area contributed by atoms with Crippen molar-refractivity contribution in [3.63, 3.8) is 0 Å². The molecule has 0 aliphatic rings. The van der Waals surface area contributed by atoms with E-state index in [-0.39, 0.29) is 40.6 Å². The molecule has 1 heterocycles. The van der Waals surface area contributed by atoms with E-state index in [9.17, 15) is 28.1 Å². The van der Waals surface area contributed by atoms with E-state index in [2.05, 4.69) is 15.7 Å². The Balaban J connectivity index is 2.00. The molecule has 0 bridgehead atoms. The first-order chi connectivity index (χ1) is 13.6. The van der Waals surface area contributed by atoms with E-state index in [0.29, 0.717) is 13.0 Å². The zero-order valence-electron chi connectivity index (χ0n) is 15.9. The van der Waals surface area contributed by atoms with E-state index in [1.54, 1.807) is 0 Å². The molecule has 11 nitrogen and oxygen atoms in total. The predicted molar refractivity (Wildman–Crippen MR) is 106 cm³/mol. The molecule has 1 amide bonds. The van der Waals surface area contributed by atoms with Crippen molar-refractivity contribution >= 4 is 27.1 Å². The molecule has 0 aliphatic carbocycles. The monoisotopic (exact) mass is 423 g/mol. The van der Waals surface area contributed by atoms with Gasteiger partial charge in [-0.15, -0.1) is 0 Å². The van der Waals surface area contributed by atoms with Crippen molar-refractivity contribution in [3.05, 3.63) is 56.5 Å². The maximum absolute atomic E-state index is 12.2. The number of carbonyl (C=O) groups excluding carboxylic acids is 1. The molecule has 0 saturated carbocycles. The Morgan fingerprint density at radius 2 is 1.97 bits per heavy atom. The number of aryl methyl sites for hydroxylation is 1. The van der Waals surface area contributed by atoms with Crippen LogP contribution in [-0.4, -0.2) is 48.4 Å². The standard InChI is InChI=1S/C17H21N5O6S/c1-3-10-21-16(23)7-6-14(20-21)17(24)19-9-8-18-13-5-4-12(29(2,27)28)11-15(13)22(25)26/h4-7,11,18H,3,8-10H2,1-2H3,(H,19,24). The number of anilines is 1. The molecule has 156 valence electrons. The van der Waals surface area contributed by atoms with Crippen molar-refractivity contribution in [2.45, 2.75) is 24.8 Å². The molecule has 12 heteroatoms. The van der Waals surface area contributed by atoms with Crippen molar-refractivity contribution in [3.8, 4) is 0 Å². The fourth-order valence-electron chi connectivity index (χ4n) is 2.45. The third kappa shape index (κ3) is 5.85. The smallest absolute Gasteiger partial charge is 0.293 e. The molecule has 0 fully saturated rings. The lowest BCUT2D eigenvalue weighted by Gasteiger charge is -2.10. The van der Waals surface area contributed by atoms with Crippen molar-refractivity contribution in [2.24, 2.45) is 0 Å². The van der Waals surface area contributed by atoms with Gasteiger partial charge in [0.05, 0.1) is 9.82 Å². The van der Waals surface area contributed by atoms with Crippen LogP contribution < -0.4 is 16.2 Å². The molecule has 0 radical (unpaired) electrons. The number of nitrogens with zero attached hydrogens (tertiary/aromatic N) is 3. The molecular weight excluding hydrogens is 402 g/mol. The van der Waals surface area contributed by atoms with Crippen molar-refractivity contribution in [2.75, 3.05) is 24.7 Å². The van der Waals surface area contributed by atoms with Crippen LogP contribution in [0.3, 0.4) is 0 Å². The number of amides is 1. The van der Waals surface area contributed by atoms with Crippen LogP contribution in [0.4, 0.5) is 11.4 Å². The Hall–Kier alpha value is -3.28. The molecule has 1 aromatic carbocycles. The van der Waals surface area contributed by atoms with Crippen LogP contribution in [0.1, 0.15) is 23.8 Å². The van der Waals surface area contributed by atoms with Gasteiger partial charge in [0.1, 0.15) is 11.4 Å². The summed E-state index contributed by atoms with van der Waals surface area (Å²) in [5.74, 6) is -0.487. The second kappa shape index (κ2) is 9.28. The van der Waals surface area contributed by atoms with Gasteiger partial charge < -0.3 is 10.6 Å². The Morgan fingerprint density at radius 1 is 1.24 bits per heavy atom. The number of aromatic nitrogens is 2. The van der Waals surface area contributed by atoms with E-state index in [0.717, 1.165) is 12.3 Å². The second-order valence-corrected chi connectivity index (χ2v) is 8.19. The van der Waals surface area contributed by atoms with Gasteiger partial charge in [-0.25, -0.2) is 13.1 Å². The van der Waals surface area contributed by atoms with E-state index in [1.165, 1.54) is 28.9 Å². The van der Waals surface area contributed by atoms with Gasteiger partial charge in [-0.2, -0.15) is 5.10 Å². The van der Waals surface area contributed by atoms with Gasteiger partial charge in [0, 0.05) is 38.0 Å². The highest BCUT2D eigenvalue weighted by Crippen LogP contribution is 2.27. The van der Waals surface area contributed by atoms with Gasteiger partial charge in [0.15, 0.2) is 9.84 Å². The Bertz CT molecular complexity index is 1080. The SMILES string of the molecule is CCCn1nc(C(=O)NCCNc2ccc(S(C)(=O)=O)cc2[N+](=O)[O-])ccc1=O. The summed E-state index contributed by atoms with van der Waals surface area (Å²) in [6.45, 7) is 2.56. The van der Waals surface area contributed by atoms with E-state index in [1.807, 2.05) is 6.92 Å².